The molecule has 1 saturated heterocycles. The first-order chi connectivity index (χ1) is 14.1. The van der Waals surface area contributed by atoms with E-state index in [1.54, 1.807) is 6.20 Å². The number of nitrogen functional groups attached to an aromatic ring is 1. The highest BCUT2D eigenvalue weighted by Crippen LogP contribution is 2.33. The van der Waals surface area contributed by atoms with Crippen molar-refractivity contribution in [2.45, 2.75) is 24.9 Å². The van der Waals surface area contributed by atoms with Crippen molar-refractivity contribution < 1.29 is 14.6 Å². The van der Waals surface area contributed by atoms with Gasteiger partial charge in [-0.25, -0.2) is 9.97 Å². The normalized spacial score (nSPS) is 21.8. The van der Waals surface area contributed by atoms with Crippen molar-refractivity contribution in [2.75, 3.05) is 12.3 Å². The van der Waals surface area contributed by atoms with Crippen LogP contribution in [0.3, 0.4) is 0 Å². The highest BCUT2D eigenvalue weighted by Gasteiger charge is 2.36. The van der Waals surface area contributed by atoms with Crippen molar-refractivity contribution in [1.82, 2.24) is 19.5 Å². The Kier molecular flexibility index (Phi) is 4.72. The van der Waals surface area contributed by atoms with Crippen LogP contribution in [0.1, 0.15) is 12.6 Å². The summed E-state index contributed by atoms with van der Waals surface area (Å²) in [5.41, 5.74) is 7.46. The van der Waals surface area contributed by atoms with E-state index in [0.29, 0.717) is 17.9 Å². The molecule has 0 saturated carbocycles. The maximum absolute atomic E-state index is 10.5. The summed E-state index contributed by atoms with van der Waals surface area (Å²) < 4.78 is 14.9. The van der Waals surface area contributed by atoms with Crippen molar-refractivity contribution in [3.63, 3.8) is 0 Å². The monoisotopic (exact) mass is 503 g/mol. The zero-order valence-corrected chi connectivity index (χ0v) is 17.4. The summed E-state index contributed by atoms with van der Waals surface area (Å²) in [7, 11) is 0. The quantitative estimate of drug-likeness (QED) is 0.413. The fourth-order valence-electron chi connectivity index (χ4n) is 3.61. The average Bonchev–Trinajstić information content (AvgIpc) is 3.30. The van der Waals surface area contributed by atoms with Gasteiger partial charge in [0.2, 0.25) is 0 Å². The van der Waals surface area contributed by atoms with Gasteiger partial charge in [0.15, 0.2) is 0 Å². The SMILES string of the molecule is Nc1ncnc2c1ccn2[C@H]1C[C@H](O)[C@@H](COc2cc3ncccc3cc2I)O1. The number of aliphatic hydroxyl groups is 1. The number of aliphatic hydroxyl groups excluding tert-OH is 1. The molecule has 1 aliphatic heterocycles. The average molecular weight is 503 g/mol. The van der Waals surface area contributed by atoms with Crippen LogP contribution in [0.25, 0.3) is 21.9 Å². The molecule has 4 heterocycles. The van der Waals surface area contributed by atoms with E-state index in [1.165, 1.54) is 6.33 Å². The summed E-state index contributed by atoms with van der Waals surface area (Å²) in [4.78, 5) is 12.7. The van der Waals surface area contributed by atoms with Gasteiger partial charge in [-0.15, -0.1) is 0 Å². The van der Waals surface area contributed by atoms with Gasteiger partial charge in [-0.1, -0.05) is 6.07 Å². The summed E-state index contributed by atoms with van der Waals surface area (Å²) in [6.07, 6.45) is 4.04. The first-order valence-corrected chi connectivity index (χ1v) is 10.3. The lowest BCUT2D eigenvalue weighted by atomic mass is 10.2. The summed E-state index contributed by atoms with van der Waals surface area (Å²) in [5.74, 6) is 1.15. The molecular formula is C20H18IN5O3. The summed E-state index contributed by atoms with van der Waals surface area (Å²) in [6, 6.07) is 9.72. The molecule has 0 unspecified atom stereocenters. The zero-order chi connectivity index (χ0) is 20.0. The Morgan fingerprint density at radius 2 is 2.17 bits per heavy atom. The molecule has 1 fully saturated rings. The summed E-state index contributed by atoms with van der Waals surface area (Å²) in [5, 5.41) is 12.3. The fraction of sp³-hybridized carbons (Fsp3) is 0.250. The minimum absolute atomic E-state index is 0.238. The number of fused-ring (bicyclic) bond motifs is 2. The lowest BCUT2D eigenvalue weighted by Gasteiger charge is -2.17. The number of ether oxygens (including phenoxy) is 2. The van der Waals surface area contributed by atoms with Crippen LogP contribution in [0.4, 0.5) is 5.82 Å². The molecule has 5 rings (SSSR count). The maximum atomic E-state index is 10.5. The van der Waals surface area contributed by atoms with E-state index in [9.17, 15) is 5.11 Å². The Bertz CT molecular complexity index is 1200. The van der Waals surface area contributed by atoms with Crippen molar-refractivity contribution in [2.24, 2.45) is 0 Å². The number of anilines is 1. The van der Waals surface area contributed by atoms with Gasteiger partial charge in [-0.3, -0.25) is 4.98 Å². The minimum Gasteiger partial charge on any atom is -0.490 e. The Morgan fingerprint density at radius 1 is 1.28 bits per heavy atom. The fourth-order valence-corrected chi connectivity index (χ4v) is 4.26. The predicted octanol–water partition coefficient (Wildman–Crippen LogP) is 2.89. The second-order valence-corrected chi connectivity index (χ2v) is 8.10. The van der Waals surface area contributed by atoms with Gasteiger partial charge in [-0.2, -0.15) is 0 Å². The maximum Gasteiger partial charge on any atom is 0.147 e. The lowest BCUT2D eigenvalue weighted by molar-refractivity contribution is -0.0380. The Labute approximate surface area is 179 Å². The van der Waals surface area contributed by atoms with E-state index in [-0.39, 0.29) is 12.8 Å². The first kappa shape index (κ1) is 18.5. The molecule has 1 aromatic carbocycles. The van der Waals surface area contributed by atoms with E-state index < -0.39 is 12.2 Å². The van der Waals surface area contributed by atoms with Crippen LogP contribution >= 0.6 is 22.6 Å². The number of aromatic nitrogens is 4. The molecule has 0 spiro atoms. The topological polar surface area (TPSA) is 108 Å². The lowest BCUT2D eigenvalue weighted by Crippen LogP contribution is -2.28. The van der Waals surface area contributed by atoms with Gasteiger partial charge in [0.25, 0.3) is 0 Å². The van der Waals surface area contributed by atoms with Crippen LogP contribution in [0, 0.1) is 3.57 Å². The van der Waals surface area contributed by atoms with E-state index in [0.717, 1.165) is 25.6 Å². The number of hydrogen-bond donors (Lipinski definition) is 2. The number of benzene rings is 1. The first-order valence-electron chi connectivity index (χ1n) is 9.18. The van der Waals surface area contributed by atoms with E-state index in [1.807, 2.05) is 41.1 Å². The van der Waals surface area contributed by atoms with Gasteiger partial charge < -0.3 is 24.9 Å². The molecule has 148 valence electrons. The van der Waals surface area contributed by atoms with Crippen LogP contribution in [0.2, 0.25) is 0 Å². The van der Waals surface area contributed by atoms with Crippen LogP contribution in [0.5, 0.6) is 5.75 Å². The van der Waals surface area contributed by atoms with Crippen LogP contribution in [-0.4, -0.2) is 43.4 Å². The standard InChI is InChI=1S/C20H18IN5O3/c21-13-6-11-2-1-4-23-14(11)7-16(13)28-9-17-15(27)8-18(29-17)26-5-3-12-19(22)24-10-25-20(12)26/h1-7,10,15,17-18,27H,8-9H2,(H2,22,24,25)/t15-,17+,18+/m0/s1. The van der Waals surface area contributed by atoms with Gasteiger partial charge in [0.1, 0.15) is 42.5 Å². The number of pyridine rings is 1. The molecule has 3 N–H and O–H groups in total. The molecule has 0 radical (unpaired) electrons. The molecule has 3 aromatic heterocycles. The van der Waals surface area contributed by atoms with E-state index >= 15 is 0 Å². The Balaban J connectivity index is 1.33. The molecule has 0 aliphatic carbocycles. The van der Waals surface area contributed by atoms with Crippen molar-refractivity contribution in [3.05, 3.63) is 52.6 Å². The third-order valence-electron chi connectivity index (χ3n) is 5.11. The predicted molar refractivity (Wildman–Crippen MR) is 116 cm³/mol. The van der Waals surface area contributed by atoms with Gasteiger partial charge in [-0.05, 0) is 40.8 Å². The summed E-state index contributed by atoms with van der Waals surface area (Å²) >= 11 is 2.24. The Hall–Kier alpha value is -2.50. The largest absolute Gasteiger partial charge is 0.490 e. The second-order valence-electron chi connectivity index (χ2n) is 6.94. The third kappa shape index (κ3) is 3.38. The van der Waals surface area contributed by atoms with Crippen molar-refractivity contribution >= 4 is 50.3 Å². The van der Waals surface area contributed by atoms with E-state index in [2.05, 4.69) is 37.5 Å². The summed E-state index contributed by atoms with van der Waals surface area (Å²) in [6.45, 7) is 0.238. The minimum atomic E-state index is -0.645. The van der Waals surface area contributed by atoms with Crippen LogP contribution in [-0.2, 0) is 4.74 Å². The van der Waals surface area contributed by atoms with Gasteiger partial charge in [0.05, 0.1) is 20.6 Å². The zero-order valence-electron chi connectivity index (χ0n) is 15.3. The second kappa shape index (κ2) is 7.39. The van der Waals surface area contributed by atoms with Crippen molar-refractivity contribution in [3.8, 4) is 5.75 Å². The number of nitrogens with zero attached hydrogens (tertiary/aromatic N) is 4. The Morgan fingerprint density at radius 3 is 3.07 bits per heavy atom. The molecule has 4 aromatic rings. The molecule has 0 bridgehead atoms. The third-order valence-corrected chi connectivity index (χ3v) is 5.96. The van der Waals surface area contributed by atoms with E-state index in [4.69, 9.17) is 15.2 Å². The molecule has 0 amide bonds. The number of rotatable bonds is 4. The molecular weight excluding hydrogens is 485 g/mol. The number of hydrogen-bond acceptors (Lipinski definition) is 7. The smallest absolute Gasteiger partial charge is 0.147 e. The van der Waals surface area contributed by atoms with Crippen molar-refractivity contribution in [1.29, 1.82) is 0 Å². The van der Waals surface area contributed by atoms with Crippen LogP contribution < -0.4 is 10.5 Å². The molecule has 8 nitrogen and oxygen atoms in total. The molecule has 3 atom stereocenters. The molecule has 29 heavy (non-hydrogen) atoms. The number of halogens is 1. The highest BCUT2D eigenvalue weighted by atomic mass is 127. The number of nitrogens with two attached hydrogens (primary N) is 1. The highest BCUT2D eigenvalue weighted by molar-refractivity contribution is 14.1. The molecule has 9 heteroatoms. The van der Waals surface area contributed by atoms with Gasteiger partial charge >= 0.3 is 0 Å². The van der Waals surface area contributed by atoms with Gasteiger partial charge in [0, 0.05) is 30.3 Å². The van der Waals surface area contributed by atoms with Crippen LogP contribution in [0.15, 0.2) is 49.1 Å². The molecule has 1 aliphatic rings.